The van der Waals surface area contributed by atoms with E-state index < -0.39 is 28.7 Å². The highest BCUT2D eigenvalue weighted by Gasteiger charge is 2.40. The zero-order valence-corrected chi connectivity index (χ0v) is 17.7. The molecule has 0 atom stereocenters. The third kappa shape index (κ3) is 3.89. The van der Waals surface area contributed by atoms with Crippen molar-refractivity contribution in [1.29, 1.82) is 0 Å². The molecule has 1 aliphatic heterocycles. The maximum absolute atomic E-state index is 13.8. The van der Waals surface area contributed by atoms with Gasteiger partial charge in [0, 0.05) is 11.3 Å². The predicted octanol–water partition coefficient (Wildman–Crippen LogP) is 5.27. The molecule has 0 saturated heterocycles. The van der Waals surface area contributed by atoms with Gasteiger partial charge in [-0.15, -0.1) is 0 Å². The lowest BCUT2D eigenvalue weighted by Gasteiger charge is -2.13. The fourth-order valence-corrected chi connectivity index (χ4v) is 3.43. The van der Waals surface area contributed by atoms with E-state index in [1.165, 1.54) is 6.07 Å². The number of nitrogens with zero attached hydrogens (tertiary/aromatic N) is 1. The van der Waals surface area contributed by atoms with E-state index in [1.54, 1.807) is 38.1 Å². The molecule has 1 amide bonds. The SMILES string of the molecule is Cc1ccc(C2=NOC(C)(C)C2=O)cc1-c1ccc(NC(=O)c2c(F)cccc2F)cc1. The molecule has 1 heterocycles. The number of aryl methyl sites for hydroxylation is 1. The van der Waals surface area contributed by atoms with Crippen LogP contribution in [0.25, 0.3) is 11.1 Å². The van der Waals surface area contributed by atoms with E-state index in [0.717, 1.165) is 28.8 Å². The van der Waals surface area contributed by atoms with Gasteiger partial charge in [-0.25, -0.2) is 8.78 Å². The number of Topliss-reactive ketones (excluding diaryl/α,β-unsaturated/α-hetero) is 1. The average Bonchev–Trinajstić information content (AvgIpc) is 3.02. The van der Waals surface area contributed by atoms with E-state index >= 15 is 0 Å². The molecule has 0 fully saturated rings. The van der Waals surface area contributed by atoms with Crippen molar-refractivity contribution in [3.63, 3.8) is 0 Å². The number of oxime groups is 1. The molecule has 0 radical (unpaired) electrons. The Kier molecular flexibility index (Phi) is 5.34. The van der Waals surface area contributed by atoms with E-state index in [9.17, 15) is 18.4 Å². The molecule has 0 aromatic heterocycles. The van der Waals surface area contributed by atoms with Crippen molar-refractivity contribution < 1.29 is 23.2 Å². The first-order valence-corrected chi connectivity index (χ1v) is 9.95. The summed E-state index contributed by atoms with van der Waals surface area (Å²) in [5.74, 6) is -2.91. The lowest BCUT2D eigenvalue weighted by atomic mass is 9.92. The van der Waals surface area contributed by atoms with Crippen LogP contribution in [-0.2, 0) is 9.63 Å². The molecule has 32 heavy (non-hydrogen) atoms. The van der Waals surface area contributed by atoms with Crippen molar-refractivity contribution >= 4 is 23.1 Å². The molecule has 1 N–H and O–H groups in total. The normalized spacial score (nSPS) is 14.7. The van der Waals surface area contributed by atoms with E-state index in [1.807, 2.05) is 25.1 Å². The van der Waals surface area contributed by atoms with Crippen molar-refractivity contribution in [2.24, 2.45) is 5.16 Å². The molecule has 3 aromatic rings. The summed E-state index contributed by atoms with van der Waals surface area (Å²) in [5.41, 5.74) is 2.38. The smallest absolute Gasteiger partial charge is 0.261 e. The Morgan fingerprint density at radius 2 is 1.59 bits per heavy atom. The van der Waals surface area contributed by atoms with Gasteiger partial charge in [0.1, 0.15) is 17.2 Å². The van der Waals surface area contributed by atoms with Crippen molar-refractivity contribution in [2.75, 3.05) is 5.32 Å². The number of carbonyl (C=O) groups excluding carboxylic acids is 2. The Labute approximate surface area is 183 Å². The maximum atomic E-state index is 13.8. The van der Waals surface area contributed by atoms with E-state index in [-0.39, 0.29) is 11.5 Å². The third-order valence-electron chi connectivity index (χ3n) is 5.28. The molecule has 5 nitrogen and oxygen atoms in total. The van der Waals surface area contributed by atoms with Gasteiger partial charge in [-0.05, 0) is 67.8 Å². The monoisotopic (exact) mass is 434 g/mol. The second kappa shape index (κ2) is 8.00. The van der Waals surface area contributed by atoms with Crippen LogP contribution in [0, 0.1) is 18.6 Å². The number of nitrogens with one attached hydrogen (secondary N) is 1. The summed E-state index contributed by atoms with van der Waals surface area (Å²) in [6, 6.07) is 15.7. The van der Waals surface area contributed by atoms with Gasteiger partial charge in [0.25, 0.3) is 5.91 Å². The van der Waals surface area contributed by atoms with Crippen LogP contribution in [0.4, 0.5) is 14.5 Å². The number of halogens is 2. The Hall–Kier alpha value is -3.87. The Morgan fingerprint density at radius 1 is 0.969 bits per heavy atom. The predicted molar refractivity (Wildman–Crippen MR) is 118 cm³/mol. The van der Waals surface area contributed by atoms with Crippen LogP contribution >= 0.6 is 0 Å². The number of carbonyl (C=O) groups is 2. The van der Waals surface area contributed by atoms with Gasteiger partial charge in [-0.3, -0.25) is 9.59 Å². The summed E-state index contributed by atoms with van der Waals surface area (Å²) in [6.07, 6.45) is 0. The third-order valence-corrected chi connectivity index (χ3v) is 5.28. The summed E-state index contributed by atoms with van der Waals surface area (Å²) in [5, 5.41) is 6.46. The van der Waals surface area contributed by atoms with Gasteiger partial charge in [0.2, 0.25) is 5.78 Å². The Balaban J connectivity index is 1.58. The van der Waals surface area contributed by atoms with E-state index in [4.69, 9.17) is 4.84 Å². The molecule has 162 valence electrons. The minimum absolute atomic E-state index is 0.189. The largest absolute Gasteiger partial charge is 0.381 e. The highest BCUT2D eigenvalue weighted by Crippen LogP contribution is 2.29. The summed E-state index contributed by atoms with van der Waals surface area (Å²) < 4.78 is 27.7. The number of rotatable bonds is 4. The van der Waals surface area contributed by atoms with Gasteiger partial charge < -0.3 is 10.2 Å². The van der Waals surface area contributed by atoms with Crippen LogP contribution in [0.2, 0.25) is 0 Å². The zero-order valence-electron chi connectivity index (χ0n) is 17.7. The number of benzene rings is 3. The van der Waals surface area contributed by atoms with Crippen LogP contribution in [0.1, 0.15) is 35.3 Å². The maximum Gasteiger partial charge on any atom is 0.261 e. The first-order chi connectivity index (χ1) is 15.2. The number of ketones is 1. The minimum Gasteiger partial charge on any atom is -0.381 e. The first kappa shape index (κ1) is 21.4. The lowest BCUT2D eigenvalue weighted by Crippen LogP contribution is -2.33. The highest BCUT2D eigenvalue weighted by atomic mass is 19.1. The van der Waals surface area contributed by atoms with Gasteiger partial charge >= 0.3 is 0 Å². The molecule has 7 heteroatoms. The van der Waals surface area contributed by atoms with Gasteiger partial charge in [-0.2, -0.15) is 0 Å². The fraction of sp³-hybridized carbons (Fsp3) is 0.160. The lowest BCUT2D eigenvalue weighted by molar-refractivity contribution is -0.128. The van der Waals surface area contributed by atoms with Crippen LogP contribution in [0.5, 0.6) is 0 Å². The van der Waals surface area contributed by atoms with Crippen LogP contribution in [-0.4, -0.2) is 23.0 Å². The summed E-state index contributed by atoms with van der Waals surface area (Å²) in [7, 11) is 0. The highest BCUT2D eigenvalue weighted by molar-refractivity contribution is 6.49. The molecule has 0 bridgehead atoms. The second-order valence-electron chi connectivity index (χ2n) is 8.03. The average molecular weight is 434 g/mol. The quantitative estimate of drug-likeness (QED) is 0.608. The van der Waals surface area contributed by atoms with Crippen LogP contribution < -0.4 is 5.32 Å². The molecule has 3 aromatic carbocycles. The first-order valence-electron chi connectivity index (χ1n) is 9.95. The van der Waals surface area contributed by atoms with E-state index in [0.29, 0.717) is 11.3 Å². The molecule has 4 rings (SSSR count). The number of amides is 1. The summed E-state index contributed by atoms with van der Waals surface area (Å²) in [6.45, 7) is 5.27. The van der Waals surface area contributed by atoms with Gasteiger partial charge in [0.05, 0.1) is 0 Å². The Bertz CT molecular complexity index is 1240. The van der Waals surface area contributed by atoms with E-state index in [2.05, 4.69) is 10.5 Å². The molecule has 0 unspecified atom stereocenters. The molecule has 0 spiro atoms. The summed E-state index contributed by atoms with van der Waals surface area (Å²) >= 11 is 0. The Morgan fingerprint density at radius 3 is 2.19 bits per heavy atom. The number of hydrogen-bond acceptors (Lipinski definition) is 4. The standard InChI is InChI=1S/C25H20F2N2O3/c1-14-7-8-16(22-23(30)25(2,3)32-29-22)13-18(14)15-9-11-17(12-10-15)28-24(31)21-19(26)5-4-6-20(21)27/h4-13H,1-3H3,(H,28,31). The van der Waals surface area contributed by atoms with Crippen LogP contribution in [0.15, 0.2) is 65.8 Å². The number of hydrogen-bond donors (Lipinski definition) is 1. The summed E-state index contributed by atoms with van der Waals surface area (Å²) in [4.78, 5) is 30.1. The van der Waals surface area contributed by atoms with Gasteiger partial charge in [-0.1, -0.05) is 35.5 Å². The van der Waals surface area contributed by atoms with Crippen molar-refractivity contribution in [2.45, 2.75) is 26.4 Å². The topological polar surface area (TPSA) is 67.8 Å². The molecule has 0 saturated carbocycles. The minimum atomic E-state index is -0.988. The number of anilines is 1. The molecule has 0 aliphatic carbocycles. The second-order valence-corrected chi connectivity index (χ2v) is 8.03. The molecular formula is C25H20F2N2O3. The molecular weight excluding hydrogens is 414 g/mol. The van der Waals surface area contributed by atoms with Crippen molar-refractivity contribution in [1.82, 2.24) is 0 Å². The van der Waals surface area contributed by atoms with Crippen LogP contribution in [0.3, 0.4) is 0 Å². The van der Waals surface area contributed by atoms with Crippen molar-refractivity contribution in [3.05, 3.63) is 89.0 Å². The zero-order chi connectivity index (χ0) is 23.0. The fourth-order valence-electron chi connectivity index (χ4n) is 3.43. The van der Waals surface area contributed by atoms with Crippen molar-refractivity contribution in [3.8, 4) is 11.1 Å². The molecule has 1 aliphatic rings. The van der Waals surface area contributed by atoms with Gasteiger partial charge in [0.15, 0.2) is 11.3 Å².